The Morgan fingerprint density at radius 1 is 1.47 bits per heavy atom. The number of allylic oxidation sites excluding steroid dienone is 1. The molecule has 34 heavy (non-hydrogen) atoms. The summed E-state index contributed by atoms with van der Waals surface area (Å²) in [7, 11) is 1.90. The number of carboxylic acid groups (broad SMARTS) is 1. The quantitative estimate of drug-likeness (QED) is 0.109. The molecule has 0 radical (unpaired) electrons. The van der Waals surface area contributed by atoms with Crippen molar-refractivity contribution in [3.05, 3.63) is 58.2 Å². The molecule has 2 amide bonds. The van der Waals surface area contributed by atoms with E-state index in [4.69, 9.17) is 5.73 Å². The van der Waals surface area contributed by atoms with Crippen molar-refractivity contribution in [2.75, 3.05) is 11.5 Å². The second-order valence-electron chi connectivity index (χ2n) is 7.11. The van der Waals surface area contributed by atoms with Gasteiger partial charge < -0.3 is 26.2 Å². The van der Waals surface area contributed by atoms with Crippen LogP contribution in [-0.2, 0) is 21.4 Å². The molecule has 0 aliphatic carbocycles. The van der Waals surface area contributed by atoms with E-state index in [9.17, 15) is 24.7 Å². The number of amides is 2. The predicted octanol–water partition coefficient (Wildman–Crippen LogP) is -0.562. The maximum Gasteiger partial charge on any atom is 0.276 e. The van der Waals surface area contributed by atoms with E-state index in [0.717, 1.165) is 21.3 Å². The number of aliphatic carboxylic acids is 1. The zero-order chi connectivity index (χ0) is 24.4. The van der Waals surface area contributed by atoms with Gasteiger partial charge in [-0.2, -0.15) is 4.57 Å². The number of thiazole rings is 1. The monoisotopic (exact) mass is 518 g/mol. The average Bonchev–Trinajstić information content (AvgIpc) is 3.24. The molecule has 1 fully saturated rings. The standard InChI is InChI=1S/C20H18N6O5S3/c1-25-6-3-2-4-12(25)32-7-5-10-8-33-18-14(17(28)26(18)15(10)19(29)30)23-16(27)13(24-31)11-9-34-20(21)22-11/h2-7,9,14,18H,8H2,1H3,(H4-,21,22,23,27,29,30,31)/b7-5+/t14-,18-/m1/s1. The van der Waals surface area contributed by atoms with E-state index in [0.29, 0.717) is 11.3 Å². The number of thioether (sulfide) groups is 2. The summed E-state index contributed by atoms with van der Waals surface area (Å²) in [5.74, 6) is -2.61. The molecule has 2 aliphatic rings. The summed E-state index contributed by atoms with van der Waals surface area (Å²) in [6, 6.07) is 4.72. The molecule has 0 saturated carbocycles. The minimum absolute atomic E-state index is 0.0643. The van der Waals surface area contributed by atoms with Crippen molar-refractivity contribution < 1.29 is 29.3 Å². The number of aromatic nitrogens is 2. The number of anilines is 1. The van der Waals surface area contributed by atoms with Crippen molar-refractivity contribution in [1.29, 1.82) is 0 Å². The molecule has 1 saturated heterocycles. The summed E-state index contributed by atoms with van der Waals surface area (Å²) >= 11 is 3.77. The highest BCUT2D eigenvalue weighted by molar-refractivity contribution is 8.02. The Labute approximate surface area is 206 Å². The Morgan fingerprint density at radius 3 is 2.91 bits per heavy atom. The summed E-state index contributed by atoms with van der Waals surface area (Å²) in [5.41, 5.74) is 5.42. The lowest BCUT2D eigenvalue weighted by Gasteiger charge is -2.50. The number of oxime groups is 1. The molecule has 0 spiro atoms. The van der Waals surface area contributed by atoms with Crippen LogP contribution in [0.1, 0.15) is 5.69 Å². The van der Waals surface area contributed by atoms with Gasteiger partial charge in [0.2, 0.25) is 5.03 Å². The third kappa shape index (κ3) is 4.51. The molecular weight excluding hydrogens is 500 g/mol. The number of carbonyl (C=O) groups excluding carboxylic acids is 3. The number of nitrogen functional groups attached to an aromatic ring is 1. The molecule has 2 aliphatic heterocycles. The third-order valence-corrected chi connectivity index (χ3v) is 7.94. The first-order chi connectivity index (χ1) is 16.3. The number of carboxylic acids is 1. The summed E-state index contributed by atoms with van der Waals surface area (Å²) in [6.07, 6.45) is 3.54. The highest BCUT2D eigenvalue weighted by Gasteiger charge is 2.53. The number of rotatable bonds is 7. The molecule has 0 aromatic carbocycles. The number of hydrogen-bond acceptors (Lipinski definition) is 11. The van der Waals surface area contributed by atoms with Crippen molar-refractivity contribution in [1.82, 2.24) is 15.2 Å². The lowest BCUT2D eigenvalue weighted by Crippen LogP contribution is -2.71. The fourth-order valence-electron chi connectivity index (χ4n) is 3.40. The number of aryl methyl sites for hydroxylation is 1. The zero-order valence-corrected chi connectivity index (χ0v) is 20.0. The molecule has 4 N–H and O–H groups in total. The van der Waals surface area contributed by atoms with Crippen LogP contribution in [0.5, 0.6) is 0 Å². The normalized spacial score (nSPS) is 20.3. The molecule has 0 bridgehead atoms. The van der Waals surface area contributed by atoms with Gasteiger partial charge in [-0.3, -0.25) is 14.5 Å². The Balaban J connectivity index is 1.49. The minimum atomic E-state index is -1.48. The second-order valence-corrected chi connectivity index (χ2v) is 10.0. The van der Waals surface area contributed by atoms with Gasteiger partial charge in [-0.25, -0.2) is 4.98 Å². The maximum absolute atomic E-state index is 12.8. The molecule has 2 aromatic rings. The molecule has 2 aromatic heterocycles. The van der Waals surface area contributed by atoms with Crippen LogP contribution in [0.15, 0.2) is 62.7 Å². The van der Waals surface area contributed by atoms with Crippen LogP contribution in [0, 0.1) is 0 Å². The van der Waals surface area contributed by atoms with Crippen molar-refractivity contribution in [2.45, 2.75) is 16.4 Å². The number of nitrogens with one attached hydrogen (secondary N) is 1. The summed E-state index contributed by atoms with van der Waals surface area (Å²) in [4.78, 5) is 42.3. The Morgan fingerprint density at radius 2 is 2.26 bits per heavy atom. The summed E-state index contributed by atoms with van der Waals surface area (Å²) in [6.45, 7) is 0. The van der Waals surface area contributed by atoms with Gasteiger partial charge in [-0.05, 0) is 34.9 Å². The predicted molar refractivity (Wildman–Crippen MR) is 125 cm³/mol. The molecule has 176 valence electrons. The van der Waals surface area contributed by atoms with Crippen LogP contribution in [0.25, 0.3) is 0 Å². The maximum atomic E-state index is 12.8. The zero-order valence-electron chi connectivity index (χ0n) is 17.6. The largest absolute Gasteiger partial charge is 0.543 e. The van der Waals surface area contributed by atoms with Gasteiger partial charge >= 0.3 is 0 Å². The van der Waals surface area contributed by atoms with E-state index in [1.54, 1.807) is 11.5 Å². The lowest BCUT2D eigenvalue weighted by atomic mass is 10.0. The molecule has 4 rings (SSSR count). The van der Waals surface area contributed by atoms with Gasteiger partial charge in [0.05, 0.1) is 11.7 Å². The number of fused-ring (bicyclic) bond motifs is 1. The first kappa shape index (κ1) is 23.8. The van der Waals surface area contributed by atoms with E-state index in [1.165, 1.54) is 28.9 Å². The van der Waals surface area contributed by atoms with E-state index >= 15 is 0 Å². The SMILES string of the molecule is C[n+]1ccccc1S/C=C/C1=C(C(=O)[O-])N2C(=O)[C@@H](NC(=O)/C(=N/O)c3csc(N)n3)[C@H]2SC1. The number of hydrogen-bond donors (Lipinski definition) is 3. The second kappa shape index (κ2) is 9.87. The van der Waals surface area contributed by atoms with Crippen molar-refractivity contribution in [3.63, 3.8) is 0 Å². The van der Waals surface area contributed by atoms with Crippen LogP contribution in [-0.4, -0.2) is 55.8 Å². The van der Waals surface area contributed by atoms with Crippen LogP contribution >= 0.6 is 34.9 Å². The molecule has 2 atom stereocenters. The van der Waals surface area contributed by atoms with Crippen LogP contribution < -0.4 is 20.7 Å². The average molecular weight is 519 g/mol. The van der Waals surface area contributed by atoms with E-state index < -0.39 is 34.9 Å². The number of β-lactam (4-membered cyclic amide) rings is 1. The highest BCUT2D eigenvalue weighted by atomic mass is 32.2. The summed E-state index contributed by atoms with van der Waals surface area (Å²) in [5, 5.41) is 30.3. The third-order valence-electron chi connectivity index (χ3n) is 5.02. The van der Waals surface area contributed by atoms with Gasteiger partial charge in [-0.1, -0.05) is 5.16 Å². The summed E-state index contributed by atoms with van der Waals surface area (Å²) < 4.78 is 1.92. The fourth-order valence-corrected chi connectivity index (χ4v) is 6.02. The van der Waals surface area contributed by atoms with E-state index in [-0.39, 0.29) is 16.5 Å². The number of pyridine rings is 1. The number of nitrogens with zero attached hydrogens (tertiary/aromatic N) is 4. The smallest absolute Gasteiger partial charge is 0.276 e. The Kier molecular flexibility index (Phi) is 6.90. The van der Waals surface area contributed by atoms with Gasteiger partial charge in [0, 0.05) is 23.3 Å². The Hall–Kier alpha value is -3.36. The van der Waals surface area contributed by atoms with Crippen molar-refractivity contribution >= 4 is 63.5 Å². The van der Waals surface area contributed by atoms with Gasteiger partial charge in [-0.15, -0.1) is 23.1 Å². The first-order valence-electron chi connectivity index (χ1n) is 9.73. The van der Waals surface area contributed by atoms with E-state index in [1.807, 2.05) is 36.0 Å². The van der Waals surface area contributed by atoms with Crippen LogP contribution in [0.3, 0.4) is 0 Å². The van der Waals surface area contributed by atoms with Crippen LogP contribution in [0.2, 0.25) is 0 Å². The highest BCUT2D eigenvalue weighted by Crippen LogP contribution is 2.40. The molecule has 11 nitrogen and oxygen atoms in total. The Bertz CT molecular complexity index is 1260. The topological polar surface area (TPSA) is 165 Å². The first-order valence-corrected chi connectivity index (χ1v) is 12.5. The lowest BCUT2D eigenvalue weighted by molar-refractivity contribution is -0.708. The van der Waals surface area contributed by atoms with Crippen molar-refractivity contribution in [3.8, 4) is 0 Å². The molecule has 14 heteroatoms. The van der Waals surface area contributed by atoms with Crippen molar-refractivity contribution in [2.24, 2.45) is 12.2 Å². The number of carbonyl (C=O) groups is 3. The van der Waals surface area contributed by atoms with Gasteiger partial charge in [0.15, 0.2) is 17.0 Å². The molecule has 4 heterocycles. The number of nitrogens with two attached hydrogens (primary N) is 1. The van der Waals surface area contributed by atoms with Crippen LogP contribution in [0.4, 0.5) is 5.13 Å². The molecule has 0 unspecified atom stereocenters. The van der Waals surface area contributed by atoms with Gasteiger partial charge in [0.1, 0.15) is 24.2 Å². The molecular formula is C20H18N6O5S3. The fraction of sp³-hybridized carbons (Fsp3) is 0.200. The minimum Gasteiger partial charge on any atom is -0.543 e. The van der Waals surface area contributed by atoms with E-state index in [2.05, 4.69) is 15.5 Å². The van der Waals surface area contributed by atoms with Gasteiger partial charge in [0.25, 0.3) is 11.8 Å².